The zero-order valence-corrected chi connectivity index (χ0v) is 19.8. The number of hydrogen-bond donors (Lipinski definition) is 1. The molecule has 1 aliphatic heterocycles. The molecule has 2 atom stereocenters. The molecule has 8 heteroatoms. The molecule has 1 N–H and O–H groups in total. The lowest BCUT2D eigenvalue weighted by Crippen LogP contribution is -2.34. The van der Waals surface area contributed by atoms with E-state index in [-0.39, 0.29) is 15.8 Å². The van der Waals surface area contributed by atoms with Crippen LogP contribution in [0.1, 0.15) is 45.2 Å². The molecule has 1 aromatic heterocycles. The number of fused-ring (bicyclic) bond motifs is 1. The zero-order valence-electron chi connectivity index (χ0n) is 18.2. The van der Waals surface area contributed by atoms with Gasteiger partial charge in [0.05, 0.1) is 15.1 Å². The number of thiazole rings is 1. The van der Waals surface area contributed by atoms with Gasteiger partial charge in [-0.3, -0.25) is 9.36 Å². The largest absolute Gasteiger partial charge is 0.371 e. The minimum atomic E-state index is -3.71. The van der Waals surface area contributed by atoms with Crippen LogP contribution < -0.4 is 14.5 Å². The molecule has 6 nitrogen and oxygen atoms in total. The molecular weight excluding hydrogens is 430 g/mol. The van der Waals surface area contributed by atoms with Crippen molar-refractivity contribution in [3.05, 3.63) is 57.7 Å². The molecule has 166 valence electrons. The number of anilines is 1. The lowest BCUT2D eigenvalue weighted by atomic mass is 9.99. The number of aryl methyl sites for hydroxylation is 1. The predicted molar refractivity (Wildman–Crippen MR) is 128 cm³/mol. The maximum Gasteiger partial charge on any atom is 0.308 e. The van der Waals surface area contributed by atoms with Crippen molar-refractivity contribution >= 4 is 37.3 Å². The third-order valence-electron chi connectivity index (χ3n) is 6.01. The van der Waals surface area contributed by atoms with Crippen LogP contribution in [0.4, 0.5) is 5.69 Å². The Bertz CT molecular complexity index is 1230. The average molecular weight is 460 g/mol. The Hall–Kier alpha value is -2.16. The first kappa shape index (κ1) is 22.0. The second kappa shape index (κ2) is 8.76. The molecule has 0 amide bonds. The van der Waals surface area contributed by atoms with Gasteiger partial charge < -0.3 is 4.90 Å². The second-order valence-corrected chi connectivity index (χ2v) is 11.1. The standard InChI is InChI=1S/C23H29N3O3S2/c1-4-26-21-12-11-20(14-22(21)30-23(26)27)31(28,29)24-17(3)18-7-9-19(10-8-18)25-13-5-6-16(2)15-25/h7-12,14,16-17,24H,4-6,13,15H2,1-3H3/t16-,17-/m1/s1. The first-order valence-corrected chi connectivity index (χ1v) is 13.1. The van der Waals surface area contributed by atoms with Gasteiger partial charge in [0, 0.05) is 31.4 Å². The summed E-state index contributed by atoms with van der Waals surface area (Å²) < 4.78 is 31.0. The summed E-state index contributed by atoms with van der Waals surface area (Å²) in [5, 5.41) is 0. The van der Waals surface area contributed by atoms with Gasteiger partial charge in [0.2, 0.25) is 10.0 Å². The summed E-state index contributed by atoms with van der Waals surface area (Å²) >= 11 is 1.07. The molecule has 3 aromatic rings. The van der Waals surface area contributed by atoms with Crippen LogP contribution in [0.15, 0.2) is 52.2 Å². The van der Waals surface area contributed by atoms with Crippen LogP contribution in [0.2, 0.25) is 0 Å². The van der Waals surface area contributed by atoms with Crippen LogP contribution in [0, 0.1) is 5.92 Å². The number of rotatable bonds is 6. The van der Waals surface area contributed by atoms with Crippen molar-refractivity contribution in [2.24, 2.45) is 5.92 Å². The number of piperidine rings is 1. The number of nitrogens with zero attached hydrogens (tertiary/aromatic N) is 2. The van der Waals surface area contributed by atoms with E-state index < -0.39 is 10.0 Å². The van der Waals surface area contributed by atoms with Crippen LogP contribution in [0.25, 0.3) is 10.2 Å². The molecule has 0 unspecified atom stereocenters. The SMILES string of the molecule is CCn1c(=O)sc2cc(S(=O)(=O)N[C@H](C)c3ccc(N4CCC[C@@H](C)C4)cc3)ccc21. The summed E-state index contributed by atoms with van der Waals surface area (Å²) in [7, 11) is -3.71. The summed E-state index contributed by atoms with van der Waals surface area (Å²) in [6, 6.07) is 12.7. The third kappa shape index (κ3) is 4.56. The molecule has 0 radical (unpaired) electrons. The van der Waals surface area contributed by atoms with Gasteiger partial charge in [-0.1, -0.05) is 30.4 Å². The van der Waals surface area contributed by atoms with E-state index in [1.165, 1.54) is 18.5 Å². The molecule has 0 aliphatic carbocycles. The number of sulfonamides is 1. The number of aromatic nitrogens is 1. The van der Waals surface area contributed by atoms with Gasteiger partial charge in [0.25, 0.3) is 0 Å². The minimum absolute atomic E-state index is 0.0726. The van der Waals surface area contributed by atoms with Crippen molar-refractivity contribution in [1.29, 1.82) is 0 Å². The van der Waals surface area contributed by atoms with Crippen LogP contribution in [-0.2, 0) is 16.6 Å². The Morgan fingerprint density at radius 2 is 1.94 bits per heavy atom. The number of nitrogens with one attached hydrogen (secondary N) is 1. The molecular formula is C23H29N3O3S2. The average Bonchev–Trinajstić information content (AvgIpc) is 3.07. The molecule has 4 rings (SSSR count). The lowest BCUT2D eigenvalue weighted by Gasteiger charge is -2.33. The van der Waals surface area contributed by atoms with E-state index in [1.54, 1.807) is 22.8 Å². The first-order valence-electron chi connectivity index (χ1n) is 10.8. The van der Waals surface area contributed by atoms with Gasteiger partial charge in [0.15, 0.2) is 0 Å². The highest BCUT2D eigenvalue weighted by atomic mass is 32.2. The Morgan fingerprint density at radius 3 is 2.61 bits per heavy atom. The van der Waals surface area contributed by atoms with Crippen molar-refractivity contribution in [2.75, 3.05) is 18.0 Å². The fraction of sp³-hybridized carbons (Fsp3) is 0.435. The predicted octanol–water partition coefficient (Wildman–Crippen LogP) is 4.36. The third-order valence-corrected chi connectivity index (χ3v) is 8.49. The highest BCUT2D eigenvalue weighted by Crippen LogP contribution is 2.26. The molecule has 0 bridgehead atoms. The lowest BCUT2D eigenvalue weighted by molar-refractivity contribution is 0.447. The van der Waals surface area contributed by atoms with Crippen LogP contribution >= 0.6 is 11.3 Å². The molecule has 0 saturated carbocycles. The van der Waals surface area contributed by atoms with Crippen molar-refractivity contribution < 1.29 is 8.42 Å². The van der Waals surface area contributed by atoms with E-state index >= 15 is 0 Å². The summed E-state index contributed by atoms with van der Waals surface area (Å²) in [6.07, 6.45) is 2.49. The normalized spacial score (nSPS) is 18.4. The molecule has 1 saturated heterocycles. The molecule has 0 spiro atoms. The van der Waals surface area contributed by atoms with E-state index in [4.69, 9.17) is 0 Å². The van der Waals surface area contributed by atoms with Crippen LogP contribution in [-0.4, -0.2) is 26.1 Å². The summed E-state index contributed by atoms with van der Waals surface area (Å²) in [6.45, 7) is 8.73. The van der Waals surface area contributed by atoms with Gasteiger partial charge in [0.1, 0.15) is 0 Å². The maximum absolute atomic E-state index is 13.0. The fourth-order valence-corrected chi connectivity index (χ4v) is 6.61. The van der Waals surface area contributed by atoms with Crippen LogP contribution in [0.5, 0.6) is 0 Å². The Labute approximate surface area is 187 Å². The van der Waals surface area contributed by atoms with E-state index in [9.17, 15) is 13.2 Å². The van der Waals surface area contributed by atoms with Crippen molar-refractivity contribution in [1.82, 2.24) is 9.29 Å². The second-order valence-electron chi connectivity index (χ2n) is 8.37. The molecule has 1 fully saturated rings. The van der Waals surface area contributed by atoms with E-state index in [1.807, 2.05) is 26.0 Å². The highest BCUT2D eigenvalue weighted by Gasteiger charge is 2.21. The van der Waals surface area contributed by atoms with Crippen LogP contribution in [0.3, 0.4) is 0 Å². The van der Waals surface area contributed by atoms with Crippen molar-refractivity contribution in [3.8, 4) is 0 Å². The fourth-order valence-electron chi connectivity index (χ4n) is 4.28. The van der Waals surface area contributed by atoms with Crippen molar-refractivity contribution in [2.45, 2.75) is 51.1 Å². The Morgan fingerprint density at radius 1 is 1.19 bits per heavy atom. The molecule has 31 heavy (non-hydrogen) atoms. The van der Waals surface area contributed by atoms with Gasteiger partial charge in [-0.25, -0.2) is 13.1 Å². The van der Waals surface area contributed by atoms with E-state index in [2.05, 4.69) is 28.7 Å². The van der Waals surface area contributed by atoms with E-state index in [0.29, 0.717) is 17.2 Å². The van der Waals surface area contributed by atoms with Crippen molar-refractivity contribution in [3.63, 3.8) is 0 Å². The number of benzene rings is 2. The molecule has 1 aliphatic rings. The highest BCUT2D eigenvalue weighted by molar-refractivity contribution is 7.89. The summed E-state index contributed by atoms with van der Waals surface area (Å²) in [4.78, 5) is 14.6. The maximum atomic E-state index is 13.0. The number of hydrogen-bond acceptors (Lipinski definition) is 5. The monoisotopic (exact) mass is 459 g/mol. The van der Waals surface area contributed by atoms with Gasteiger partial charge in [-0.05, 0) is 68.5 Å². The molecule has 2 aromatic carbocycles. The Kier molecular flexibility index (Phi) is 6.23. The quantitative estimate of drug-likeness (QED) is 0.595. The van der Waals surface area contributed by atoms with Gasteiger partial charge in [-0.15, -0.1) is 0 Å². The first-order chi connectivity index (χ1) is 14.8. The zero-order chi connectivity index (χ0) is 22.2. The summed E-state index contributed by atoms with van der Waals surface area (Å²) in [5.41, 5.74) is 2.87. The minimum Gasteiger partial charge on any atom is -0.371 e. The topological polar surface area (TPSA) is 71.4 Å². The smallest absolute Gasteiger partial charge is 0.308 e. The Balaban J connectivity index is 1.51. The van der Waals surface area contributed by atoms with E-state index in [0.717, 1.165) is 35.5 Å². The summed E-state index contributed by atoms with van der Waals surface area (Å²) in [5.74, 6) is 0.698. The van der Waals surface area contributed by atoms with Gasteiger partial charge in [-0.2, -0.15) is 0 Å². The molecule has 2 heterocycles. The van der Waals surface area contributed by atoms with Gasteiger partial charge >= 0.3 is 4.87 Å².